The minimum Gasteiger partial charge on any atom is -0.481 e. The zero-order valence-corrected chi connectivity index (χ0v) is 17.8. The van der Waals surface area contributed by atoms with Crippen molar-refractivity contribution in [1.29, 1.82) is 0 Å². The van der Waals surface area contributed by atoms with Gasteiger partial charge in [0.25, 0.3) is 5.91 Å². The normalized spacial score (nSPS) is 20.9. The van der Waals surface area contributed by atoms with Crippen molar-refractivity contribution in [1.82, 2.24) is 16.0 Å². The second-order valence-corrected chi connectivity index (χ2v) is 8.31. The number of fused-ring (bicyclic) bond motifs is 1. The molecule has 6 N–H and O–H groups in total. The first-order valence-electron chi connectivity index (χ1n) is 9.98. The lowest BCUT2D eigenvalue weighted by Gasteiger charge is -2.16. The molecule has 2 aliphatic rings. The fourth-order valence-corrected chi connectivity index (χ4v) is 4.83. The zero-order valence-electron chi connectivity index (χ0n) is 17.0. The summed E-state index contributed by atoms with van der Waals surface area (Å²) < 4.78 is 0. The van der Waals surface area contributed by atoms with Crippen molar-refractivity contribution >= 4 is 35.4 Å². The highest BCUT2D eigenvalue weighted by Gasteiger charge is 2.42. The summed E-state index contributed by atoms with van der Waals surface area (Å²) in [5.74, 6) is 0.0493. The number of nitrogens with two attached hydrogens (primary N) is 1. The third-order valence-electron chi connectivity index (χ3n) is 4.79. The minimum atomic E-state index is -0.729. The number of carbonyl (C=O) groups is 3. The molecule has 168 valence electrons. The quantitative estimate of drug-likeness (QED) is 0.126. The number of hydrogen-bond acceptors (Lipinski definition) is 6. The number of carboxylic acid groups (broad SMARTS) is 1. The third-order valence-corrected chi connectivity index (χ3v) is 6.30. The van der Waals surface area contributed by atoms with Gasteiger partial charge in [-0.05, 0) is 30.5 Å². The highest BCUT2D eigenvalue weighted by molar-refractivity contribution is 8.00. The van der Waals surface area contributed by atoms with Crippen LogP contribution in [0.4, 0.5) is 10.5 Å². The number of nitrogens with zero attached hydrogens (tertiary/aromatic N) is 3. The molecule has 11 nitrogen and oxygen atoms in total. The van der Waals surface area contributed by atoms with Gasteiger partial charge in [0.1, 0.15) is 0 Å². The second-order valence-electron chi connectivity index (χ2n) is 7.04. The van der Waals surface area contributed by atoms with Crippen molar-refractivity contribution in [2.45, 2.75) is 43.0 Å². The van der Waals surface area contributed by atoms with Gasteiger partial charge in [0.05, 0.1) is 12.1 Å². The summed E-state index contributed by atoms with van der Waals surface area (Å²) in [6, 6.07) is 6.79. The predicted octanol–water partition coefficient (Wildman–Crippen LogP) is 2.11. The van der Waals surface area contributed by atoms with Crippen LogP contribution < -0.4 is 21.7 Å². The molecule has 0 aliphatic carbocycles. The van der Waals surface area contributed by atoms with Gasteiger partial charge >= 0.3 is 12.0 Å². The number of hydrogen-bond donors (Lipinski definition) is 5. The number of carbonyl (C=O) groups excluding carboxylic acids is 2. The van der Waals surface area contributed by atoms with E-state index >= 15 is 0 Å². The maximum absolute atomic E-state index is 11.4. The smallest absolute Gasteiger partial charge is 0.315 e. The van der Waals surface area contributed by atoms with Crippen molar-refractivity contribution in [2.24, 2.45) is 10.8 Å². The molecule has 2 fully saturated rings. The molecule has 3 rings (SSSR count). The molecule has 12 heteroatoms. The first-order chi connectivity index (χ1) is 14.9. The van der Waals surface area contributed by atoms with E-state index in [2.05, 4.69) is 26.0 Å². The molecule has 1 aromatic carbocycles. The summed E-state index contributed by atoms with van der Waals surface area (Å²) in [6.45, 7) is 0.847. The molecule has 0 unspecified atom stereocenters. The molecule has 0 aromatic heterocycles. The molecule has 2 saturated heterocycles. The third kappa shape index (κ3) is 8.00. The fraction of sp³-hybridized carbons (Fsp3) is 0.526. The number of amides is 3. The van der Waals surface area contributed by atoms with Crippen LogP contribution in [-0.4, -0.2) is 59.2 Å². The van der Waals surface area contributed by atoms with E-state index in [9.17, 15) is 14.4 Å². The van der Waals surface area contributed by atoms with Crippen LogP contribution in [0.2, 0.25) is 0 Å². The Bertz CT molecular complexity index is 814. The van der Waals surface area contributed by atoms with E-state index in [-0.39, 0.29) is 30.4 Å². The highest BCUT2D eigenvalue weighted by atomic mass is 32.2. The summed E-state index contributed by atoms with van der Waals surface area (Å²) in [7, 11) is 0. The molecule has 3 amide bonds. The largest absolute Gasteiger partial charge is 0.481 e. The lowest BCUT2D eigenvalue weighted by molar-refractivity contribution is -0.137. The number of rotatable bonds is 9. The highest BCUT2D eigenvalue weighted by Crippen LogP contribution is 2.33. The molecule has 0 spiro atoms. The van der Waals surface area contributed by atoms with Gasteiger partial charge in [-0.1, -0.05) is 23.7 Å². The van der Waals surface area contributed by atoms with E-state index in [1.807, 2.05) is 11.8 Å². The second kappa shape index (κ2) is 12.7. The summed E-state index contributed by atoms with van der Waals surface area (Å²) >= 11 is 1.87. The van der Waals surface area contributed by atoms with Crippen LogP contribution in [0.1, 0.15) is 36.0 Å². The van der Waals surface area contributed by atoms with Crippen molar-refractivity contribution < 1.29 is 19.5 Å². The molecule has 0 saturated carbocycles. The van der Waals surface area contributed by atoms with E-state index in [0.717, 1.165) is 25.0 Å². The van der Waals surface area contributed by atoms with Gasteiger partial charge in [0.2, 0.25) is 0 Å². The lowest BCUT2D eigenvalue weighted by Crippen LogP contribution is -2.36. The van der Waals surface area contributed by atoms with Gasteiger partial charge in [0, 0.05) is 46.7 Å². The molecule has 1 aromatic rings. The van der Waals surface area contributed by atoms with Crippen LogP contribution in [0.5, 0.6) is 0 Å². The Labute approximate surface area is 184 Å². The van der Waals surface area contributed by atoms with Crippen molar-refractivity contribution in [3.63, 3.8) is 0 Å². The molecule has 31 heavy (non-hydrogen) atoms. The SMILES string of the molecule is O=C(O)CCCC[C@@H]1SC[C@@H]2NC(=O)N[C@@H]21.[N-]=[N+]=Nc1ccc(C(=O)NCCN)cc1. The topological polar surface area (TPSA) is 182 Å². The number of benzene rings is 1. The molecule has 2 heterocycles. The van der Waals surface area contributed by atoms with Gasteiger partial charge in [-0.15, -0.1) is 0 Å². The Morgan fingerprint density at radius 2 is 2.03 bits per heavy atom. The van der Waals surface area contributed by atoms with Crippen molar-refractivity contribution in [3.8, 4) is 0 Å². The average Bonchev–Trinajstić information content (AvgIpc) is 3.30. The number of urea groups is 1. The molecule has 2 aliphatic heterocycles. The van der Waals surface area contributed by atoms with E-state index in [1.165, 1.54) is 0 Å². The van der Waals surface area contributed by atoms with Gasteiger partial charge in [-0.2, -0.15) is 11.8 Å². The Morgan fingerprint density at radius 3 is 2.68 bits per heavy atom. The van der Waals surface area contributed by atoms with E-state index in [1.54, 1.807) is 24.3 Å². The lowest BCUT2D eigenvalue weighted by atomic mass is 10.0. The fourth-order valence-electron chi connectivity index (χ4n) is 3.28. The number of thioether (sulfide) groups is 1. The number of azide groups is 1. The first kappa shape index (κ1) is 24.3. The number of unbranched alkanes of at least 4 members (excludes halogenated alkanes) is 1. The molecule has 0 radical (unpaired) electrons. The average molecular weight is 450 g/mol. The summed E-state index contributed by atoms with van der Waals surface area (Å²) in [5.41, 5.74) is 14.4. The number of carboxylic acids is 1. The van der Waals surface area contributed by atoms with Crippen molar-refractivity contribution in [2.75, 3.05) is 18.8 Å². The van der Waals surface area contributed by atoms with Gasteiger partial charge in [0.15, 0.2) is 0 Å². The summed E-state index contributed by atoms with van der Waals surface area (Å²) in [5, 5.41) is 20.8. The Morgan fingerprint density at radius 1 is 1.29 bits per heavy atom. The van der Waals surface area contributed by atoms with Gasteiger partial charge in [-0.3, -0.25) is 9.59 Å². The standard InChI is InChI=1S/C10H16N2O3S.C9H11N5O/c13-8(14)4-2-1-3-7-9-6(5-16-7)11-10(15)12-9;10-5-6-12-9(15)7-1-3-8(4-2-7)13-14-11/h6-7,9H,1-5H2,(H,13,14)(H2,11,12,15);1-4H,5-6,10H2,(H,12,15)/t6-,7-,9-;/m0./s1. The Kier molecular flexibility index (Phi) is 9.95. The molecule has 3 atom stereocenters. The van der Waals surface area contributed by atoms with Crippen LogP contribution in [-0.2, 0) is 4.79 Å². The van der Waals surface area contributed by atoms with E-state index in [4.69, 9.17) is 16.4 Å². The molecule has 0 bridgehead atoms. The monoisotopic (exact) mass is 449 g/mol. The summed E-state index contributed by atoms with van der Waals surface area (Å²) in [4.78, 5) is 35.5. The Balaban J connectivity index is 0.000000221. The maximum Gasteiger partial charge on any atom is 0.315 e. The van der Waals surface area contributed by atoms with Crippen molar-refractivity contribution in [3.05, 3.63) is 40.3 Å². The van der Waals surface area contributed by atoms with E-state index in [0.29, 0.717) is 29.6 Å². The molecular weight excluding hydrogens is 422 g/mol. The van der Waals surface area contributed by atoms with Crippen LogP contribution in [0.15, 0.2) is 29.4 Å². The maximum atomic E-state index is 11.4. The van der Waals surface area contributed by atoms with Gasteiger partial charge in [-0.25, -0.2) is 4.79 Å². The number of aliphatic carboxylic acids is 1. The minimum absolute atomic E-state index is 0.0640. The Hall–Kier alpha value is -2.95. The van der Waals surface area contributed by atoms with Crippen LogP contribution in [0, 0.1) is 0 Å². The zero-order chi connectivity index (χ0) is 22.6. The predicted molar refractivity (Wildman–Crippen MR) is 118 cm³/mol. The van der Waals surface area contributed by atoms with Gasteiger partial charge < -0.3 is 26.8 Å². The summed E-state index contributed by atoms with van der Waals surface area (Å²) in [6.07, 6.45) is 2.88. The van der Waals surface area contributed by atoms with Crippen LogP contribution in [0.3, 0.4) is 0 Å². The number of nitrogens with one attached hydrogen (secondary N) is 3. The van der Waals surface area contributed by atoms with Crippen LogP contribution >= 0.6 is 11.8 Å². The van der Waals surface area contributed by atoms with Crippen LogP contribution in [0.25, 0.3) is 10.4 Å². The molecular formula is C19H27N7O4S. The van der Waals surface area contributed by atoms with E-state index < -0.39 is 5.97 Å². The first-order valence-corrected chi connectivity index (χ1v) is 11.0.